The fraction of sp³-hybridized carbons (Fsp3) is 0.333. The van der Waals surface area contributed by atoms with Crippen LogP contribution in [0.5, 0.6) is 0 Å². The maximum Gasteiger partial charge on any atom is 0.137 e. The van der Waals surface area contributed by atoms with Crippen molar-refractivity contribution >= 4 is 34.2 Å². The average Bonchev–Trinajstić information content (AvgIpc) is 2.56. The molecule has 1 aromatic heterocycles. The summed E-state index contributed by atoms with van der Waals surface area (Å²) in [6.07, 6.45) is 0.894. The number of benzene rings is 1. The Hall–Kier alpha value is -0.700. The molecule has 0 radical (unpaired) electrons. The van der Waals surface area contributed by atoms with E-state index in [-0.39, 0.29) is 0 Å². The molecular weight excluding hydrogens is 245 g/mol. The molecule has 0 aliphatic carbocycles. The second-order valence-electron chi connectivity index (χ2n) is 3.65. The van der Waals surface area contributed by atoms with Crippen LogP contribution in [0.25, 0.3) is 11.0 Å². The zero-order valence-electron chi connectivity index (χ0n) is 9.23. The van der Waals surface area contributed by atoms with E-state index >= 15 is 0 Å². The van der Waals surface area contributed by atoms with Crippen molar-refractivity contribution in [1.29, 1.82) is 0 Å². The largest absolute Gasteiger partial charge is 0.459 e. The van der Waals surface area contributed by atoms with Crippen molar-refractivity contribution in [3.05, 3.63) is 33.5 Å². The molecule has 86 valence electrons. The minimum Gasteiger partial charge on any atom is -0.459 e. The maximum atomic E-state index is 6.19. The van der Waals surface area contributed by atoms with Crippen LogP contribution in [0.2, 0.25) is 10.0 Å². The molecule has 0 bridgehead atoms. The van der Waals surface area contributed by atoms with E-state index in [1.54, 1.807) is 12.1 Å². The molecule has 0 saturated heterocycles. The lowest BCUT2D eigenvalue weighted by atomic mass is 10.1. The molecule has 1 N–H and O–H groups in total. The quantitative estimate of drug-likeness (QED) is 0.899. The monoisotopic (exact) mass is 257 g/mol. The van der Waals surface area contributed by atoms with E-state index in [1.807, 2.05) is 7.05 Å². The minimum absolute atomic E-state index is 0.602. The van der Waals surface area contributed by atoms with Gasteiger partial charge in [-0.3, -0.25) is 0 Å². The number of aryl methyl sites for hydroxylation is 1. The lowest BCUT2D eigenvalue weighted by Crippen LogP contribution is -2.05. The second kappa shape index (κ2) is 4.66. The standard InChI is InChI=1S/C12H13Cl2NO/c1-3-8-11(6-15-2)16-10-5-7(13)4-9(14)12(8)10/h4-5,15H,3,6H2,1-2H3. The Morgan fingerprint density at radius 3 is 2.69 bits per heavy atom. The van der Waals surface area contributed by atoms with Crippen LogP contribution in [-0.4, -0.2) is 7.05 Å². The van der Waals surface area contributed by atoms with E-state index in [4.69, 9.17) is 27.6 Å². The van der Waals surface area contributed by atoms with Crippen molar-refractivity contribution < 1.29 is 4.42 Å². The third-order valence-electron chi connectivity index (χ3n) is 2.58. The molecule has 4 heteroatoms. The van der Waals surface area contributed by atoms with E-state index < -0.39 is 0 Å². The van der Waals surface area contributed by atoms with Gasteiger partial charge in [0, 0.05) is 22.0 Å². The Balaban J connectivity index is 2.71. The Morgan fingerprint density at radius 2 is 2.06 bits per heavy atom. The third-order valence-corrected chi connectivity index (χ3v) is 3.10. The molecule has 2 aromatic rings. The van der Waals surface area contributed by atoms with Crippen molar-refractivity contribution in [2.45, 2.75) is 19.9 Å². The summed E-state index contributed by atoms with van der Waals surface area (Å²) in [5, 5.41) is 5.33. The number of fused-ring (bicyclic) bond motifs is 1. The van der Waals surface area contributed by atoms with Crippen LogP contribution in [0.4, 0.5) is 0 Å². The first-order valence-corrected chi connectivity index (χ1v) is 5.96. The van der Waals surface area contributed by atoms with E-state index in [0.717, 1.165) is 28.7 Å². The topological polar surface area (TPSA) is 25.2 Å². The van der Waals surface area contributed by atoms with Crippen molar-refractivity contribution in [2.75, 3.05) is 7.05 Å². The van der Waals surface area contributed by atoms with Crippen LogP contribution in [-0.2, 0) is 13.0 Å². The summed E-state index contributed by atoms with van der Waals surface area (Å²) < 4.78 is 5.76. The highest BCUT2D eigenvalue weighted by Crippen LogP contribution is 2.34. The van der Waals surface area contributed by atoms with E-state index in [1.165, 1.54) is 0 Å². The van der Waals surface area contributed by atoms with Crippen LogP contribution in [0.3, 0.4) is 0 Å². The van der Waals surface area contributed by atoms with Gasteiger partial charge in [-0.2, -0.15) is 0 Å². The molecule has 16 heavy (non-hydrogen) atoms. The number of nitrogens with one attached hydrogen (secondary N) is 1. The van der Waals surface area contributed by atoms with Crippen LogP contribution in [0, 0.1) is 0 Å². The molecule has 0 spiro atoms. The van der Waals surface area contributed by atoms with Gasteiger partial charge in [-0.25, -0.2) is 0 Å². The highest BCUT2D eigenvalue weighted by atomic mass is 35.5. The molecule has 2 nitrogen and oxygen atoms in total. The van der Waals surface area contributed by atoms with Crippen molar-refractivity contribution in [3.8, 4) is 0 Å². The summed E-state index contributed by atoms with van der Waals surface area (Å²) in [5.74, 6) is 0.934. The normalized spacial score (nSPS) is 11.2. The predicted molar refractivity (Wildman–Crippen MR) is 68.4 cm³/mol. The zero-order valence-corrected chi connectivity index (χ0v) is 10.7. The summed E-state index contributed by atoms with van der Waals surface area (Å²) >= 11 is 12.1. The minimum atomic E-state index is 0.602. The zero-order chi connectivity index (χ0) is 11.7. The van der Waals surface area contributed by atoms with E-state index in [2.05, 4.69) is 12.2 Å². The van der Waals surface area contributed by atoms with Crippen molar-refractivity contribution in [3.63, 3.8) is 0 Å². The first-order chi connectivity index (χ1) is 7.67. The van der Waals surface area contributed by atoms with E-state index in [0.29, 0.717) is 16.6 Å². The van der Waals surface area contributed by atoms with Gasteiger partial charge in [-0.1, -0.05) is 30.1 Å². The molecule has 0 unspecified atom stereocenters. The van der Waals surface area contributed by atoms with Gasteiger partial charge in [-0.05, 0) is 19.5 Å². The lowest BCUT2D eigenvalue weighted by molar-refractivity contribution is 0.525. The number of hydrogen-bond acceptors (Lipinski definition) is 2. The lowest BCUT2D eigenvalue weighted by Gasteiger charge is -1.99. The average molecular weight is 258 g/mol. The molecule has 0 saturated carbocycles. The smallest absolute Gasteiger partial charge is 0.137 e. The molecule has 1 heterocycles. The number of furan rings is 1. The molecular formula is C12H13Cl2NO. The highest BCUT2D eigenvalue weighted by molar-refractivity contribution is 6.38. The first-order valence-electron chi connectivity index (χ1n) is 5.21. The van der Waals surface area contributed by atoms with Gasteiger partial charge < -0.3 is 9.73 Å². The Bertz CT molecular complexity index is 519. The van der Waals surface area contributed by atoms with Gasteiger partial charge in [0.2, 0.25) is 0 Å². The molecule has 2 rings (SSSR count). The maximum absolute atomic E-state index is 6.19. The highest BCUT2D eigenvalue weighted by Gasteiger charge is 2.15. The molecule has 0 aliphatic rings. The van der Waals surface area contributed by atoms with Gasteiger partial charge >= 0.3 is 0 Å². The Labute approximate surface area is 105 Å². The van der Waals surface area contributed by atoms with Crippen LogP contribution >= 0.6 is 23.2 Å². The van der Waals surface area contributed by atoms with Gasteiger partial charge in [0.15, 0.2) is 0 Å². The van der Waals surface area contributed by atoms with Crippen LogP contribution < -0.4 is 5.32 Å². The summed E-state index contributed by atoms with van der Waals surface area (Å²) in [5.41, 5.74) is 1.92. The van der Waals surface area contributed by atoms with Gasteiger partial charge in [0.05, 0.1) is 11.6 Å². The number of rotatable bonds is 3. The Kier molecular flexibility index (Phi) is 3.43. The fourth-order valence-electron chi connectivity index (χ4n) is 1.93. The van der Waals surface area contributed by atoms with E-state index in [9.17, 15) is 0 Å². The first kappa shape index (κ1) is 11.8. The summed E-state index contributed by atoms with van der Waals surface area (Å²) in [4.78, 5) is 0. The SMILES string of the molecule is CCc1c(CNC)oc2cc(Cl)cc(Cl)c12. The van der Waals surface area contributed by atoms with Crippen LogP contribution in [0.15, 0.2) is 16.5 Å². The summed E-state index contributed by atoms with van der Waals surface area (Å²) in [6, 6.07) is 3.56. The van der Waals surface area contributed by atoms with Crippen molar-refractivity contribution in [1.82, 2.24) is 5.32 Å². The Morgan fingerprint density at radius 1 is 1.31 bits per heavy atom. The third kappa shape index (κ3) is 1.93. The second-order valence-corrected chi connectivity index (χ2v) is 4.49. The summed E-state index contributed by atoms with van der Waals surface area (Å²) in [7, 11) is 1.89. The van der Waals surface area contributed by atoms with Crippen molar-refractivity contribution in [2.24, 2.45) is 0 Å². The van der Waals surface area contributed by atoms with Gasteiger partial charge in [-0.15, -0.1) is 0 Å². The van der Waals surface area contributed by atoms with Gasteiger partial charge in [0.25, 0.3) is 0 Å². The molecule has 0 aliphatic heterocycles. The van der Waals surface area contributed by atoms with Crippen LogP contribution in [0.1, 0.15) is 18.2 Å². The predicted octanol–water partition coefficient (Wildman–Crippen LogP) is 4.02. The van der Waals surface area contributed by atoms with Gasteiger partial charge in [0.1, 0.15) is 11.3 Å². The molecule has 1 aromatic carbocycles. The fourth-order valence-corrected chi connectivity index (χ4v) is 2.52. The number of hydrogen-bond donors (Lipinski definition) is 1. The molecule has 0 amide bonds. The molecule has 0 fully saturated rings. The summed E-state index contributed by atoms with van der Waals surface area (Å²) in [6.45, 7) is 2.79. The molecule has 0 atom stereocenters. The number of halogens is 2.